The molecule has 0 radical (unpaired) electrons. The lowest BCUT2D eigenvalue weighted by Crippen LogP contribution is -2.49. The van der Waals surface area contributed by atoms with Gasteiger partial charge in [0, 0.05) is 10.6 Å². The first kappa shape index (κ1) is 15.6. The minimum atomic E-state index is -1.11. The van der Waals surface area contributed by atoms with Crippen LogP contribution in [0.2, 0.25) is 0 Å². The monoisotopic (exact) mass is 300 g/mol. The van der Waals surface area contributed by atoms with Gasteiger partial charge in [0.15, 0.2) is 0 Å². The molecule has 0 saturated carbocycles. The summed E-state index contributed by atoms with van der Waals surface area (Å²) in [6.07, 6.45) is 0.505. The number of amides is 1. The Hall–Kier alpha value is -1.78. The van der Waals surface area contributed by atoms with E-state index in [-0.39, 0.29) is 0 Å². The summed E-state index contributed by atoms with van der Waals surface area (Å²) < 4.78 is 0. The number of carbonyl (C=O) groups is 1. The van der Waals surface area contributed by atoms with Gasteiger partial charge in [-0.15, -0.1) is 11.8 Å². The Morgan fingerprint density at radius 1 is 1.10 bits per heavy atom. The topological polar surface area (TPSA) is 69.1 Å². The number of benzene rings is 2. The molecule has 2 aromatic rings. The van der Waals surface area contributed by atoms with E-state index in [9.17, 15) is 4.79 Å². The molecule has 0 aliphatic heterocycles. The molecule has 4 N–H and O–H groups in total. The molecule has 3 nitrogen and oxygen atoms in total. The number of aryl methyl sites for hydroxylation is 1. The van der Waals surface area contributed by atoms with Gasteiger partial charge in [0.2, 0.25) is 5.91 Å². The molecule has 2 aromatic carbocycles. The van der Waals surface area contributed by atoms with Crippen LogP contribution in [0.1, 0.15) is 17.5 Å². The number of nitrogens with two attached hydrogens (primary N) is 2. The van der Waals surface area contributed by atoms with E-state index in [1.54, 1.807) is 11.8 Å². The molecule has 0 saturated heterocycles. The molecule has 0 fully saturated rings. The van der Waals surface area contributed by atoms with Gasteiger partial charge in [0.1, 0.15) is 5.54 Å². The molecule has 0 aliphatic rings. The van der Waals surface area contributed by atoms with Gasteiger partial charge in [-0.3, -0.25) is 4.79 Å². The predicted octanol–water partition coefficient (Wildman–Crippen LogP) is 2.82. The second-order valence-corrected chi connectivity index (χ2v) is 6.28. The van der Waals surface area contributed by atoms with E-state index in [4.69, 9.17) is 11.5 Å². The molecular weight excluding hydrogens is 280 g/mol. The fraction of sp³-hybridized carbons (Fsp3) is 0.235. The summed E-state index contributed by atoms with van der Waals surface area (Å²) in [7, 11) is 0. The maximum Gasteiger partial charge on any atom is 0.242 e. The Morgan fingerprint density at radius 3 is 2.29 bits per heavy atom. The van der Waals surface area contributed by atoms with Crippen LogP contribution in [0.5, 0.6) is 0 Å². The lowest BCUT2D eigenvalue weighted by Gasteiger charge is -2.26. The third-order valence-electron chi connectivity index (χ3n) is 3.51. The highest BCUT2D eigenvalue weighted by molar-refractivity contribution is 7.99. The molecule has 1 unspecified atom stereocenters. The number of hydrogen-bond donors (Lipinski definition) is 2. The fourth-order valence-electron chi connectivity index (χ4n) is 2.11. The summed E-state index contributed by atoms with van der Waals surface area (Å²) >= 11 is 1.68. The van der Waals surface area contributed by atoms with Gasteiger partial charge in [0.05, 0.1) is 0 Å². The highest BCUT2D eigenvalue weighted by Crippen LogP contribution is 2.27. The number of rotatable bonds is 6. The second kappa shape index (κ2) is 6.78. The second-order valence-electron chi connectivity index (χ2n) is 5.11. The first-order valence-corrected chi connectivity index (χ1v) is 7.85. The van der Waals surface area contributed by atoms with E-state index >= 15 is 0 Å². The lowest BCUT2D eigenvalue weighted by molar-refractivity contribution is -0.123. The first-order valence-electron chi connectivity index (χ1n) is 6.86. The zero-order chi connectivity index (χ0) is 15.3. The van der Waals surface area contributed by atoms with Gasteiger partial charge in [-0.25, -0.2) is 0 Å². The van der Waals surface area contributed by atoms with Crippen molar-refractivity contribution in [3.8, 4) is 0 Å². The van der Waals surface area contributed by atoms with Crippen molar-refractivity contribution < 1.29 is 4.79 Å². The third kappa shape index (κ3) is 3.86. The highest BCUT2D eigenvalue weighted by atomic mass is 32.2. The van der Waals surface area contributed by atoms with E-state index in [0.717, 1.165) is 11.3 Å². The number of thioether (sulfide) groups is 1. The van der Waals surface area contributed by atoms with Gasteiger partial charge in [0.25, 0.3) is 0 Å². The number of primary amides is 1. The first-order chi connectivity index (χ1) is 10.0. The van der Waals surface area contributed by atoms with Crippen molar-refractivity contribution in [1.82, 2.24) is 0 Å². The average Bonchev–Trinajstić information content (AvgIpc) is 2.50. The van der Waals surface area contributed by atoms with Crippen molar-refractivity contribution in [1.29, 1.82) is 0 Å². The van der Waals surface area contributed by atoms with Gasteiger partial charge < -0.3 is 11.5 Å². The van der Waals surface area contributed by atoms with Crippen molar-refractivity contribution in [3.05, 3.63) is 65.7 Å². The SMILES string of the molecule is Cc1ccc(SCCC(N)(C(N)=O)c2ccccc2)cc1. The van der Waals surface area contributed by atoms with E-state index in [0.29, 0.717) is 6.42 Å². The predicted molar refractivity (Wildman–Crippen MR) is 88.0 cm³/mol. The van der Waals surface area contributed by atoms with Crippen LogP contribution >= 0.6 is 11.8 Å². The third-order valence-corrected chi connectivity index (χ3v) is 4.53. The molecule has 0 spiro atoms. The molecule has 110 valence electrons. The van der Waals surface area contributed by atoms with Crippen LogP contribution in [0, 0.1) is 6.92 Å². The number of hydrogen-bond acceptors (Lipinski definition) is 3. The van der Waals surface area contributed by atoms with Crippen molar-refractivity contribution in [2.45, 2.75) is 23.8 Å². The van der Waals surface area contributed by atoms with E-state index in [2.05, 4.69) is 31.2 Å². The Labute approximate surface area is 129 Å². The highest BCUT2D eigenvalue weighted by Gasteiger charge is 2.33. The van der Waals surface area contributed by atoms with Crippen LogP contribution in [-0.4, -0.2) is 11.7 Å². The standard InChI is InChI=1S/C17H20N2OS/c1-13-7-9-15(10-8-13)21-12-11-17(19,16(18)20)14-5-3-2-4-6-14/h2-10H,11-12,19H2,1H3,(H2,18,20). The molecular formula is C17H20N2OS. The molecule has 2 rings (SSSR count). The zero-order valence-corrected chi connectivity index (χ0v) is 12.9. The molecule has 4 heteroatoms. The molecule has 0 aliphatic carbocycles. The zero-order valence-electron chi connectivity index (χ0n) is 12.1. The Balaban J connectivity index is 2.04. The van der Waals surface area contributed by atoms with Crippen LogP contribution in [0.15, 0.2) is 59.5 Å². The van der Waals surface area contributed by atoms with E-state index in [1.807, 2.05) is 30.3 Å². The number of carbonyl (C=O) groups excluding carboxylic acids is 1. The quantitative estimate of drug-likeness (QED) is 0.806. The molecule has 1 amide bonds. The van der Waals surface area contributed by atoms with Crippen LogP contribution in [0.25, 0.3) is 0 Å². The Bertz CT molecular complexity index is 598. The van der Waals surface area contributed by atoms with Crippen molar-refractivity contribution in [3.63, 3.8) is 0 Å². The van der Waals surface area contributed by atoms with Gasteiger partial charge in [-0.05, 0) is 31.0 Å². The van der Waals surface area contributed by atoms with Crippen LogP contribution < -0.4 is 11.5 Å². The van der Waals surface area contributed by atoms with Gasteiger partial charge >= 0.3 is 0 Å². The molecule has 0 aromatic heterocycles. The minimum absolute atomic E-state index is 0.488. The van der Waals surface area contributed by atoms with Crippen LogP contribution in [0.4, 0.5) is 0 Å². The summed E-state index contributed by atoms with van der Waals surface area (Å²) in [4.78, 5) is 13.0. The summed E-state index contributed by atoms with van der Waals surface area (Å²) in [5.41, 5.74) is 12.7. The molecule has 0 heterocycles. The van der Waals surface area contributed by atoms with Crippen molar-refractivity contribution in [2.75, 3.05) is 5.75 Å². The minimum Gasteiger partial charge on any atom is -0.368 e. The van der Waals surface area contributed by atoms with Crippen molar-refractivity contribution in [2.24, 2.45) is 11.5 Å². The summed E-state index contributed by atoms with van der Waals surface area (Å²) in [5, 5.41) is 0. The van der Waals surface area contributed by atoms with Gasteiger partial charge in [-0.2, -0.15) is 0 Å². The lowest BCUT2D eigenvalue weighted by atomic mass is 9.88. The maximum atomic E-state index is 11.8. The summed E-state index contributed by atoms with van der Waals surface area (Å²) in [6.45, 7) is 2.06. The largest absolute Gasteiger partial charge is 0.368 e. The molecule has 21 heavy (non-hydrogen) atoms. The Kier molecular flexibility index (Phi) is 5.04. The molecule has 1 atom stereocenters. The van der Waals surface area contributed by atoms with Gasteiger partial charge in [-0.1, -0.05) is 48.0 Å². The van der Waals surface area contributed by atoms with Crippen LogP contribution in [0.3, 0.4) is 0 Å². The fourth-order valence-corrected chi connectivity index (χ4v) is 3.10. The molecule has 0 bridgehead atoms. The Morgan fingerprint density at radius 2 is 1.71 bits per heavy atom. The average molecular weight is 300 g/mol. The van der Waals surface area contributed by atoms with Crippen LogP contribution in [-0.2, 0) is 10.3 Å². The van der Waals surface area contributed by atoms with E-state index < -0.39 is 11.4 Å². The smallest absolute Gasteiger partial charge is 0.242 e. The maximum absolute atomic E-state index is 11.8. The van der Waals surface area contributed by atoms with Crippen molar-refractivity contribution >= 4 is 17.7 Å². The summed E-state index contributed by atoms with van der Waals surface area (Å²) in [5.74, 6) is 0.246. The van der Waals surface area contributed by atoms with E-state index in [1.165, 1.54) is 10.5 Å². The normalized spacial score (nSPS) is 13.6. The summed E-state index contributed by atoms with van der Waals surface area (Å²) in [6, 6.07) is 17.6.